The second-order valence-corrected chi connectivity index (χ2v) is 5.87. The molecule has 2 rings (SSSR count). The summed E-state index contributed by atoms with van der Waals surface area (Å²) in [5.41, 5.74) is -0.0223. The number of fused-ring (bicyclic) bond motifs is 1. The molecule has 1 aliphatic carbocycles. The van der Waals surface area contributed by atoms with Crippen molar-refractivity contribution in [3.05, 3.63) is 23.3 Å². The van der Waals surface area contributed by atoms with Crippen molar-refractivity contribution in [2.45, 2.75) is 39.5 Å². The van der Waals surface area contributed by atoms with Crippen molar-refractivity contribution in [1.82, 2.24) is 0 Å². The number of Topliss-reactive ketones (excluding diaryl/α,β-unsaturated/α-hetero) is 2. The van der Waals surface area contributed by atoms with Crippen LogP contribution in [0.3, 0.4) is 0 Å². The smallest absolute Gasteiger partial charge is 0.170 e. The summed E-state index contributed by atoms with van der Waals surface area (Å²) in [6.07, 6.45) is 2.67. The zero-order valence-electron chi connectivity index (χ0n) is 11.8. The predicted molar refractivity (Wildman–Crippen MR) is 75.2 cm³/mol. The van der Waals surface area contributed by atoms with Gasteiger partial charge in [-0.25, -0.2) is 0 Å². The van der Waals surface area contributed by atoms with Crippen LogP contribution in [0.15, 0.2) is 12.1 Å². The Balaban J connectivity index is 2.25. The van der Waals surface area contributed by atoms with Gasteiger partial charge >= 0.3 is 0 Å². The van der Waals surface area contributed by atoms with Gasteiger partial charge < -0.3 is 10.2 Å². The Bertz CT molecular complexity index is 546. The van der Waals surface area contributed by atoms with Gasteiger partial charge in [-0.05, 0) is 24.5 Å². The van der Waals surface area contributed by atoms with E-state index in [1.807, 2.05) is 0 Å². The van der Waals surface area contributed by atoms with Crippen LogP contribution in [0.5, 0.6) is 11.5 Å². The van der Waals surface area contributed by atoms with Crippen LogP contribution in [0.2, 0.25) is 0 Å². The fourth-order valence-electron chi connectivity index (χ4n) is 2.74. The molecule has 1 aromatic rings. The molecule has 4 nitrogen and oxygen atoms in total. The zero-order valence-corrected chi connectivity index (χ0v) is 11.8. The van der Waals surface area contributed by atoms with Crippen LogP contribution in [0.4, 0.5) is 0 Å². The molecular weight excluding hydrogens is 256 g/mol. The lowest BCUT2D eigenvalue weighted by atomic mass is 9.78. The minimum Gasteiger partial charge on any atom is -0.507 e. The Labute approximate surface area is 118 Å². The van der Waals surface area contributed by atoms with Gasteiger partial charge in [-0.2, -0.15) is 0 Å². The fourth-order valence-corrected chi connectivity index (χ4v) is 2.74. The van der Waals surface area contributed by atoms with Crippen molar-refractivity contribution in [1.29, 1.82) is 0 Å². The molecule has 0 bridgehead atoms. The van der Waals surface area contributed by atoms with Crippen molar-refractivity contribution in [2.24, 2.45) is 11.8 Å². The molecule has 1 unspecified atom stereocenters. The standard InChI is InChI=1S/C16H20O4/c1-9(2)4-3-5-10-8-13(19)14-11(17)6-7-12(18)15(14)16(10)20/h6-7,9-10,17-18H,3-5,8H2,1-2H3. The van der Waals surface area contributed by atoms with Crippen molar-refractivity contribution < 1.29 is 19.8 Å². The molecule has 0 heterocycles. The monoisotopic (exact) mass is 276 g/mol. The number of carbonyl (C=O) groups is 2. The van der Waals surface area contributed by atoms with Gasteiger partial charge in [0.05, 0.1) is 11.1 Å². The average molecular weight is 276 g/mol. The van der Waals surface area contributed by atoms with Gasteiger partial charge in [0.25, 0.3) is 0 Å². The van der Waals surface area contributed by atoms with E-state index in [1.165, 1.54) is 12.1 Å². The van der Waals surface area contributed by atoms with Crippen LogP contribution in [0.1, 0.15) is 60.2 Å². The normalized spacial score (nSPS) is 18.4. The van der Waals surface area contributed by atoms with Gasteiger partial charge in [-0.3, -0.25) is 9.59 Å². The van der Waals surface area contributed by atoms with Crippen LogP contribution in [-0.2, 0) is 0 Å². The molecule has 1 atom stereocenters. The van der Waals surface area contributed by atoms with Gasteiger partial charge in [-0.1, -0.05) is 26.7 Å². The number of rotatable bonds is 4. The van der Waals surface area contributed by atoms with Crippen molar-refractivity contribution >= 4 is 11.6 Å². The molecule has 1 aromatic carbocycles. The summed E-state index contributed by atoms with van der Waals surface area (Å²) in [6.45, 7) is 4.24. The minimum atomic E-state index is -0.374. The summed E-state index contributed by atoms with van der Waals surface area (Å²) in [5.74, 6) is -0.739. The van der Waals surface area contributed by atoms with Crippen LogP contribution in [-0.4, -0.2) is 21.8 Å². The average Bonchev–Trinajstić information content (AvgIpc) is 2.37. The van der Waals surface area contributed by atoms with E-state index in [1.54, 1.807) is 0 Å². The zero-order chi connectivity index (χ0) is 14.9. The molecule has 0 radical (unpaired) electrons. The number of aromatic hydroxyl groups is 2. The third-order valence-electron chi connectivity index (χ3n) is 3.82. The lowest BCUT2D eigenvalue weighted by molar-refractivity contribution is 0.0808. The van der Waals surface area contributed by atoms with Gasteiger partial charge in [0, 0.05) is 12.3 Å². The number of benzene rings is 1. The molecule has 0 fully saturated rings. The molecule has 0 aliphatic heterocycles. The Hall–Kier alpha value is -1.84. The van der Waals surface area contributed by atoms with E-state index in [0.29, 0.717) is 12.3 Å². The van der Waals surface area contributed by atoms with E-state index in [9.17, 15) is 19.8 Å². The first-order chi connectivity index (χ1) is 9.41. The van der Waals surface area contributed by atoms with E-state index in [4.69, 9.17) is 0 Å². The quantitative estimate of drug-likeness (QED) is 0.827. The Morgan fingerprint density at radius 1 is 1.15 bits per heavy atom. The summed E-state index contributed by atoms with van der Waals surface area (Å²) in [4.78, 5) is 24.5. The summed E-state index contributed by atoms with van der Waals surface area (Å²) >= 11 is 0. The van der Waals surface area contributed by atoms with Crippen LogP contribution in [0, 0.1) is 11.8 Å². The van der Waals surface area contributed by atoms with Crippen molar-refractivity contribution in [3.8, 4) is 11.5 Å². The van der Waals surface area contributed by atoms with Crippen LogP contribution < -0.4 is 0 Å². The van der Waals surface area contributed by atoms with E-state index in [0.717, 1.165) is 12.8 Å². The molecule has 0 saturated carbocycles. The number of hydrogen-bond acceptors (Lipinski definition) is 4. The first-order valence-electron chi connectivity index (χ1n) is 7.04. The highest BCUT2D eigenvalue weighted by Crippen LogP contribution is 2.38. The maximum atomic E-state index is 12.4. The Morgan fingerprint density at radius 2 is 1.75 bits per heavy atom. The van der Waals surface area contributed by atoms with E-state index < -0.39 is 0 Å². The Morgan fingerprint density at radius 3 is 2.35 bits per heavy atom. The van der Waals surface area contributed by atoms with Crippen molar-refractivity contribution in [3.63, 3.8) is 0 Å². The van der Waals surface area contributed by atoms with E-state index >= 15 is 0 Å². The predicted octanol–water partition coefficient (Wildman–Crippen LogP) is 3.31. The number of hydrogen-bond donors (Lipinski definition) is 2. The molecule has 108 valence electrons. The molecule has 1 aliphatic rings. The van der Waals surface area contributed by atoms with Crippen LogP contribution in [0.25, 0.3) is 0 Å². The highest BCUT2D eigenvalue weighted by Gasteiger charge is 2.36. The molecule has 0 amide bonds. The van der Waals surface area contributed by atoms with E-state index in [-0.39, 0.29) is 46.5 Å². The second kappa shape index (κ2) is 5.65. The topological polar surface area (TPSA) is 74.6 Å². The van der Waals surface area contributed by atoms with Crippen molar-refractivity contribution in [2.75, 3.05) is 0 Å². The summed E-state index contributed by atoms with van der Waals surface area (Å²) in [7, 11) is 0. The highest BCUT2D eigenvalue weighted by atomic mass is 16.3. The largest absolute Gasteiger partial charge is 0.507 e. The third-order valence-corrected chi connectivity index (χ3v) is 3.82. The first kappa shape index (κ1) is 14.6. The lowest BCUT2D eigenvalue weighted by Crippen LogP contribution is -2.27. The van der Waals surface area contributed by atoms with Gasteiger partial charge in [0.15, 0.2) is 11.6 Å². The molecule has 20 heavy (non-hydrogen) atoms. The number of phenols is 2. The van der Waals surface area contributed by atoms with Gasteiger partial charge in [-0.15, -0.1) is 0 Å². The molecule has 2 N–H and O–H groups in total. The maximum Gasteiger partial charge on any atom is 0.170 e. The highest BCUT2D eigenvalue weighted by molar-refractivity contribution is 6.17. The molecular formula is C16H20O4. The first-order valence-corrected chi connectivity index (χ1v) is 7.04. The van der Waals surface area contributed by atoms with Crippen LogP contribution >= 0.6 is 0 Å². The Kier molecular flexibility index (Phi) is 4.12. The van der Waals surface area contributed by atoms with Gasteiger partial charge in [0.1, 0.15) is 11.5 Å². The maximum absolute atomic E-state index is 12.4. The second-order valence-electron chi connectivity index (χ2n) is 5.87. The molecule has 0 aromatic heterocycles. The third kappa shape index (κ3) is 2.69. The fraction of sp³-hybridized carbons (Fsp3) is 0.500. The van der Waals surface area contributed by atoms with Gasteiger partial charge in [0.2, 0.25) is 0 Å². The SMILES string of the molecule is CC(C)CCCC1CC(=O)c2c(O)ccc(O)c2C1=O. The summed E-state index contributed by atoms with van der Waals surface area (Å²) < 4.78 is 0. The molecule has 0 saturated heterocycles. The number of ketones is 2. The lowest BCUT2D eigenvalue weighted by Gasteiger charge is -2.23. The number of carbonyl (C=O) groups excluding carboxylic acids is 2. The van der Waals surface area contributed by atoms with E-state index in [2.05, 4.69) is 13.8 Å². The summed E-state index contributed by atoms with van der Waals surface area (Å²) in [6, 6.07) is 2.51. The summed E-state index contributed by atoms with van der Waals surface area (Å²) in [5, 5.41) is 19.5. The molecule has 4 heteroatoms. The minimum absolute atomic E-state index is 0.00389. The molecule has 0 spiro atoms. The number of phenolic OH excluding ortho intramolecular Hbond substituents is 2.